The zero-order chi connectivity index (χ0) is 12.8. The monoisotopic (exact) mass is 245 g/mol. The number of hydrogen-bond acceptors (Lipinski definition) is 3. The maximum absolute atomic E-state index is 13.1. The van der Waals surface area contributed by atoms with Gasteiger partial charge in [-0.2, -0.15) is 0 Å². The Morgan fingerprint density at radius 3 is 2.35 bits per heavy atom. The van der Waals surface area contributed by atoms with Crippen LogP contribution in [0, 0.1) is 11.6 Å². The molecule has 0 atom stereocenters. The molecule has 0 unspecified atom stereocenters. The third-order valence-electron chi connectivity index (χ3n) is 2.54. The first-order valence-corrected chi connectivity index (χ1v) is 5.46. The molecule has 0 spiro atoms. The van der Waals surface area contributed by atoms with Crippen molar-refractivity contribution < 1.29 is 18.6 Å². The lowest BCUT2D eigenvalue weighted by Crippen LogP contribution is -2.26. The van der Waals surface area contributed by atoms with Gasteiger partial charge in [0.1, 0.15) is 0 Å². The Balaban J connectivity index is 2.72. The molecule has 0 aliphatic carbocycles. The van der Waals surface area contributed by atoms with Crippen molar-refractivity contribution in [3.63, 3.8) is 0 Å². The van der Waals surface area contributed by atoms with Crippen molar-refractivity contribution in [3.05, 3.63) is 29.3 Å². The molecule has 0 saturated carbocycles. The van der Waals surface area contributed by atoms with E-state index in [1.54, 1.807) is 7.11 Å². The van der Waals surface area contributed by atoms with E-state index in [1.165, 1.54) is 0 Å². The molecule has 1 rings (SSSR count). The highest BCUT2D eigenvalue weighted by Crippen LogP contribution is 2.22. The van der Waals surface area contributed by atoms with E-state index in [0.717, 1.165) is 18.7 Å². The Bertz CT molecular complexity index is 349. The molecule has 0 radical (unpaired) electrons. The molecule has 0 amide bonds. The second kappa shape index (κ2) is 6.51. The second-order valence-electron chi connectivity index (χ2n) is 3.77. The fourth-order valence-electron chi connectivity index (χ4n) is 1.54. The van der Waals surface area contributed by atoms with E-state index < -0.39 is 17.4 Å². The lowest BCUT2D eigenvalue weighted by molar-refractivity contribution is 0.147. The molecule has 0 fully saturated rings. The normalized spacial score (nSPS) is 11.1. The van der Waals surface area contributed by atoms with Gasteiger partial charge in [-0.25, -0.2) is 8.78 Å². The summed E-state index contributed by atoms with van der Waals surface area (Å²) in [4.78, 5) is 1.99. The molecule has 0 heterocycles. The molecule has 0 bridgehead atoms. The molecule has 5 heteroatoms. The van der Waals surface area contributed by atoms with Crippen LogP contribution in [0.25, 0.3) is 0 Å². The second-order valence-corrected chi connectivity index (χ2v) is 3.77. The van der Waals surface area contributed by atoms with Gasteiger partial charge in [0, 0.05) is 20.2 Å². The summed E-state index contributed by atoms with van der Waals surface area (Å²) in [5.74, 6) is -2.78. The van der Waals surface area contributed by atoms with Crippen molar-refractivity contribution in [1.29, 1.82) is 0 Å². The summed E-state index contributed by atoms with van der Waals surface area (Å²) in [7, 11) is 1.60. The summed E-state index contributed by atoms with van der Waals surface area (Å²) in [6.45, 7) is 4.40. The number of methoxy groups -OCH3 is 1. The maximum atomic E-state index is 13.1. The quantitative estimate of drug-likeness (QED) is 0.833. The number of benzene rings is 1. The van der Waals surface area contributed by atoms with Gasteiger partial charge in [0.15, 0.2) is 17.4 Å². The van der Waals surface area contributed by atoms with E-state index >= 15 is 0 Å². The Labute approximate surface area is 99.6 Å². The summed E-state index contributed by atoms with van der Waals surface area (Å²) < 4.78 is 31.2. The van der Waals surface area contributed by atoms with E-state index in [-0.39, 0.29) is 0 Å². The average molecular weight is 245 g/mol. The standard InChI is InChI=1S/C12H17F2NO2/c1-3-15(4-5-17-2)8-9-6-10(13)12(16)11(14)7-9/h6-7,16H,3-5,8H2,1-2H3. The van der Waals surface area contributed by atoms with Crippen LogP contribution in [0.3, 0.4) is 0 Å². The van der Waals surface area contributed by atoms with Crippen molar-refractivity contribution in [2.24, 2.45) is 0 Å². The van der Waals surface area contributed by atoms with Gasteiger partial charge in [-0.05, 0) is 24.2 Å². The minimum absolute atomic E-state index is 0.425. The Morgan fingerprint density at radius 1 is 1.29 bits per heavy atom. The van der Waals surface area contributed by atoms with Crippen LogP contribution in [0.1, 0.15) is 12.5 Å². The number of phenolic OH excluding ortho intramolecular Hbond substituents is 1. The lowest BCUT2D eigenvalue weighted by atomic mass is 10.2. The Kier molecular flexibility index (Phi) is 5.31. The first kappa shape index (κ1) is 13.9. The van der Waals surface area contributed by atoms with Crippen LogP contribution in [-0.4, -0.2) is 36.8 Å². The summed E-state index contributed by atoms with van der Waals surface area (Å²) in [6, 6.07) is 2.29. The van der Waals surface area contributed by atoms with Crippen LogP contribution in [-0.2, 0) is 11.3 Å². The van der Waals surface area contributed by atoms with Gasteiger partial charge in [-0.1, -0.05) is 6.92 Å². The molecule has 1 N–H and O–H groups in total. The third kappa shape index (κ3) is 3.94. The van der Waals surface area contributed by atoms with Gasteiger partial charge in [-0.3, -0.25) is 4.90 Å². The molecule has 0 aliphatic rings. The SMILES string of the molecule is CCN(CCOC)Cc1cc(F)c(O)c(F)c1. The van der Waals surface area contributed by atoms with Gasteiger partial charge in [0.25, 0.3) is 0 Å². The van der Waals surface area contributed by atoms with Gasteiger partial charge >= 0.3 is 0 Å². The largest absolute Gasteiger partial charge is 0.503 e. The van der Waals surface area contributed by atoms with Crippen molar-refractivity contribution in [2.45, 2.75) is 13.5 Å². The molecule has 0 aromatic heterocycles. The lowest BCUT2D eigenvalue weighted by Gasteiger charge is -2.20. The number of rotatable bonds is 6. The van der Waals surface area contributed by atoms with Crippen molar-refractivity contribution >= 4 is 0 Å². The molecule has 1 aromatic rings. The zero-order valence-corrected chi connectivity index (χ0v) is 10.0. The number of aromatic hydroxyl groups is 1. The first-order valence-electron chi connectivity index (χ1n) is 5.46. The fourth-order valence-corrected chi connectivity index (χ4v) is 1.54. The van der Waals surface area contributed by atoms with Crippen LogP contribution in [0.15, 0.2) is 12.1 Å². The van der Waals surface area contributed by atoms with Gasteiger partial charge in [-0.15, -0.1) is 0 Å². The summed E-state index contributed by atoms with van der Waals surface area (Å²) in [5.41, 5.74) is 0.496. The predicted octanol–water partition coefficient (Wildman–Crippen LogP) is 2.14. The minimum atomic E-state index is -0.928. The highest BCUT2D eigenvalue weighted by molar-refractivity contribution is 5.29. The van der Waals surface area contributed by atoms with Crippen LogP contribution < -0.4 is 0 Å². The highest BCUT2D eigenvalue weighted by atomic mass is 19.1. The van der Waals surface area contributed by atoms with Crippen molar-refractivity contribution in [2.75, 3.05) is 26.8 Å². The minimum Gasteiger partial charge on any atom is -0.503 e. The molecule has 1 aromatic carbocycles. The highest BCUT2D eigenvalue weighted by Gasteiger charge is 2.11. The Hall–Kier alpha value is -1.20. The summed E-state index contributed by atoms with van der Waals surface area (Å²) in [5, 5.41) is 8.98. The molecular formula is C12H17F2NO2. The number of nitrogens with zero attached hydrogens (tertiary/aromatic N) is 1. The van der Waals surface area contributed by atoms with Crippen LogP contribution in [0.5, 0.6) is 5.75 Å². The first-order chi connectivity index (χ1) is 8.08. The number of phenols is 1. The van der Waals surface area contributed by atoms with Crippen molar-refractivity contribution in [1.82, 2.24) is 4.90 Å². The van der Waals surface area contributed by atoms with Crippen molar-refractivity contribution in [3.8, 4) is 5.75 Å². The molecule has 17 heavy (non-hydrogen) atoms. The molecule has 3 nitrogen and oxygen atoms in total. The van der Waals surface area contributed by atoms with E-state index in [2.05, 4.69) is 0 Å². The predicted molar refractivity (Wildman–Crippen MR) is 60.8 cm³/mol. The van der Waals surface area contributed by atoms with E-state index in [0.29, 0.717) is 25.3 Å². The van der Waals surface area contributed by atoms with Gasteiger partial charge < -0.3 is 9.84 Å². The Morgan fingerprint density at radius 2 is 1.88 bits per heavy atom. The van der Waals surface area contributed by atoms with E-state index in [9.17, 15) is 8.78 Å². The number of likely N-dealkylation sites (N-methyl/N-ethyl adjacent to an activating group) is 1. The van der Waals surface area contributed by atoms with E-state index in [4.69, 9.17) is 9.84 Å². The summed E-state index contributed by atoms with van der Waals surface area (Å²) >= 11 is 0. The summed E-state index contributed by atoms with van der Waals surface area (Å²) in [6.07, 6.45) is 0. The number of ether oxygens (including phenoxy) is 1. The number of hydrogen-bond donors (Lipinski definition) is 1. The molecule has 96 valence electrons. The smallest absolute Gasteiger partial charge is 0.187 e. The third-order valence-corrected chi connectivity index (χ3v) is 2.54. The fraction of sp³-hybridized carbons (Fsp3) is 0.500. The van der Waals surface area contributed by atoms with Crippen LogP contribution in [0.2, 0.25) is 0 Å². The van der Waals surface area contributed by atoms with Gasteiger partial charge in [0.2, 0.25) is 0 Å². The zero-order valence-electron chi connectivity index (χ0n) is 10.0. The van der Waals surface area contributed by atoms with Crippen LogP contribution in [0.4, 0.5) is 8.78 Å². The maximum Gasteiger partial charge on any atom is 0.187 e. The van der Waals surface area contributed by atoms with Crippen LogP contribution >= 0.6 is 0 Å². The molecular weight excluding hydrogens is 228 g/mol. The molecule has 0 aliphatic heterocycles. The van der Waals surface area contributed by atoms with Gasteiger partial charge in [0.05, 0.1) is 6.61 Å². The topological polar surface area (TPSA) is 32.7 Å². The molecule has 0 saturated heterocycles. The van der Waals surface area contributed by atoms with E-state index in [1.807, 2.05) is 11.8 Å². The average Bonchev–Trinajstić information content (AvgIpc) is 2.31. The number of halogens is 2.